The monoisotopic (exact) mass is 333 g/mol. The molecule has 0 unspecified atom stereocenters. The molecule has 0 fully saturated rings. The maximum absolute atomic E-state index is 11.2. The van der Waals surface area contributed by atoms with Crippen molar-refractivity contribution in [2.45, 2.75) is 13.1 Å². The van der Waals surface area contributed by atoms with Crippen molar-refractivity contribution in [2.24, 2.45) is 10.7 Å². The number of nitrogens with zero attached hydrogens (tertiary/aromatic N) is 4. The van der Waals surface area contributed by atoms with Crippen molar-refractivity contribution in [3.05, 3.63) is 87.2 Å². The summed E-state index contributed by atoms with van der Waals surface area (Å²) < 4.78 is 1.78. The van der Waals surface area contributed by atoms with Crippen molar-refractivity contribution in [3.63, 3.8) is 0 Å². The van der Waals surface area contributed by atoms with Gasteiger partial charge in [-0.3, -0.25) is 15.1 Å². The highest BCUT2D eigenvalue weighted by Gasteiger charge is 2.22. The molecule has 0 saturated carbocycles. The Balaban J connectivity index is 1.97. The molecule has 0 atom stereocenters. The SMILES string of the molecule is NCc1cc2n(n1)-c1ccc([N+](=O)[O-])cc1C(c1ccccc1)=NC2. The first-order valence-electron chi connectivity index (χ1n) is 7.84. The molecule has 0 bridgehead atoms. The molecule has 3 aromatic rings. The summed E-state index contributed by atoms with van der Waals surface area (Å²) in [4.78, 5) is 15.6. The van der Waals surface area contributed by atoms with Crippen LogP contribution in [0, 0.1) is 10.1 Å². The van der Waals surface area contributed by atoms with Crippen LogP contribution >= 0.6 is 0 Å². The molecule has 7 heteroatoms. The highest BCUT2D eigenvalue weighted by atomic mass is 16.6. The molecule has 0 spiro atoms. The maximum atomic E-state index is 11.2. The predicted octanol–water partition coefficient (Wildman–Crippen LogP) is 2.59. The van der Waals surface area contributed by atoms with Crippen molar-refractivity contribution in [2.75, 3.05) is 0 Å². The zero-order valence-corrected chi connectivity index (χ0v) is 13.3. The summed E-state index contributed by atoms with van der Waals surface area (Å²) in [5.74, 6) is 0. The number of non-ortho nitro benzene ring substituents is 1. The quantitative estimate of drug-likeness (QED) is 0.588. The first-order valence-corrected chi connectivity index (χ1v) is 7.84. The van der Waals surface area contributed by atoms with E-state index in [1.807, 2.05) is 36.4 Å². The van der Waals surface area contributed by atoms with Gasteiger partial charge in [0.2, 0.25) is 0 Å². The van der Waals surface area contributed by atoms with Crippen molar-refractivity contribution < 1.29 is 4.92 Å². The topological polar surface area (TPSA) is 99.3 Å². The molecule has 2 N–H and O–H groups in total. The molecular formula is C18H15N5O2. The molecule has 1 aliphatic heterocycles. The largest absolute Gasteiger partial charge is 0.325 e. The number of nitrogens with two attached hydrogens (primary N) is 1. The molecule has 0 saturated heterocycles. The fraction of sp³-hybridized carbons (Fsp3) is 0.111. The van der Waals surface area contributed by atoms with Crippen LogP contribution in [0.2, 0.25) is 0 Å². The van der Waals surface area contributed by atoms with Crippen molar-refractivity contribution >= 4 is 11.4 Å². The van der Waals surface area contributed by atoms with Gasteiger partial charge in [0.25, 0.3) is 5.69 Å². The molecule has 0 amide bonds. The zero-order chi connectivity index (χ0) is 17.4. The van der Waals surface area contributed by atoms with Crippen molar-refractivity contribution in [1.29, 1.82) is 0 Å². The summed E-state index contributed by atoms with van der Waals surface area (Å²) in [6, 6.07) is 16.3. The molecule has 7 nitrogen and oxygen atoms in total. The Morgan fingerprint density at radius 2 is 1.96 bits per heavy atom. The van der Waals surface area contributed by atoms with Gasteiger partial charge < -0.3 is 5.73 Å². The van der Waals surface area contributed by atoms with Gasteiger partial charge in [0.05, 0.1) is 34.3 Å². The Labute approximate surface area is 143 Å². The number of aromatic nitrogens is 2. The van der Waals surface area contributed by atoms with Crippen LogP contribution in [-0.2, 0) is 13.1 Å². The molecule has 2 heterocycles. The van der Waals surface area contributed by atoms with E-state index in [1.165, 1.54) is 6.07 Å². The summed E-state index contributed by atoms with van der Waals surface area (Å²) in [6.45, 7) is 0.761. The van der Waals surface area contributed by atoms with Gasteiger partial charge in [-0.1, -0.05) is 30.3 Å². The summed E-state index contributed by atoms with van der Waals surface area (Å²) in [5.41, 5.74) is 10.5. The smallest absolute Gasteiger partial charge is 0.270 e. The highest BCUT2D eigenvalue weighted by molar-refractivity contribution is 6.15. The second-order valence-corrected chi connectivity index (χ2v) is 5.73. The lowest BCUT2D eigenvalue weighted by atomic mass is 10.00. The van der Waals surface area contributed by atoms with Crippen LogP contribution in [-0.4, -0.2) is 20.4 Å². The Morgan fingerprint density at radius 3 is 2.68 bits per heavy atom. The fourth-order valence-electron chi connectivity index (χ4n) is 3.00. The van der Waals surface area contributed by atoms with Crippen molar-refractivity contribution in [3.8, 4) is 5.69 Å². The Bertz CT molecular complexity index is 992. The molecule has 1 aromatic heterocycles. The number of aliphatic imine (C=N–C) groups is 1. The van der Waals surface area contributed by atoms with Gasteiger partial charge in [0, 0.05) is 29.8 Å². The number of nitro groups is 1. The minimum atomic E-state index is -0.400. The van der Waals surface area contributed by atoms with Crippen LogP contribution in [0.3, 0.4) is 0 Å². The number of nitro benzene ring substituents is 1. The predicted molar refractivity (Wildman–Crippen MR) is 93.9 cm³/mol. The van der Waals surface area contributed by atoms with Gasteiger partial charge in [-0.25, -0.2) is 4.68 Å². The van der Waals surface area contributed by atoms with Gasteiger partial charge in [0.15, 0.2) is 0 Å². The van der Waals surface area contributed by atoms with Crippen LogP contribution in [0.4, 0.5) is 5.69 Å². The summed E-state index contributed by atoms with van der Waals surface area (Å²) in [7, 11) is 0. The van der Waals surface area contributed by atoms with E-state index in [-0.39, 0.29) is 5.69 Å². The number of hydrogen-bond acceptors (Lipinski definition) is 5. The second-order valence-electron chi connectivity index (χ2n) is 5.73. The fourth-order valence-corrected chi connectivity index (χ4v) is 3.00. The maximum Gasteiger partial charge on any atom is 0.270 e. The van der Waals surface area contributed by atoms with Gasteiger partial charge >= 0.3 is 0 Å². The molecule has 0 radical (unpaired) electrons. The lowest BCUT2D eigenvalue weighted by Crippen LogP contribution is -2.09. The average molecular weight is 333 g/mol. The Hall–Kier alpha value is -3.32. The van der Waals surface area contributed by atoms with Crippen LogP contribution in [0.25, 0.3) is 5.69 Å². The molecule has 1 aliphatic rings. The third-order valence-corrected chi connectivity index (χ3v) is 4.16. The van der Waals surface area contributed by atoms with E-state index >= 15 is 0 Å². The van der Waals surface area contributed by atoms with Gasteiger partial charge in [-0.05, 0) is 12.1 Å². The van der Waals surface area contributed by atoms with E-state index in [4.69, 9.17) is 10.7 Å². The van der Waals surface area contributed by atoms with Gasteiger partial charge in [-0.2, -0.15) is 5.10 Å². The number of benzene rings is 2. The molecule has 2 aromatic carbocycles. The zero-order valence-electron chi connectivity index (χ0n) is 13.3. The normalized spacial score (nSPS) is 12.8. The van der Waals surface area contributed by atoms with E-state index in [1.54, 1.807) is 16.8 Å². The third-order valence-electron chi connectivity index (χ3n) is 4.16. The van der Waals surface area contributed by atoms with E-state index in [0.717, 1.165) is 28.4 Å². The average Bonchev–Trinajstić information content (AvgIpc) is 2.99. The van der Waals surface area contributed by atoms with E-state index in [2.05, 4.69) is 5.10 Å². The first kappa shape index (κ1) is 15.2. The Morgan fingerprint density at radius 1 is 1.16 bits per heavy atom. The van der Waals surface area contributed by atoms with Crippen LogP contribution in [0.1, 0.15) is 22.5 Å². The lowest BCUT2D eigenvalue weighted by molar-refractivity contribution is -0.384. The summed E-state index contributed by atoms with van der Waals surface area (Å²) in [5, 5.41) is 15.8. The Kier molecular flexibility index (Phi) is 3.62. The van der Waals surface area contributed by atoms with Gasteiger partial charge in [0.1, 0.15) is 0 Å². The minimum absolute atomic E-state index is 0.0250. The second kappa shape index (κ2) is 5.95. The molecular weight excluding hydrogens is 318 g/mol. The lowest BCUT2D eigenvalue weighted by Gasteiger charge is -2.11. The molecule has 0 aliphatic carbocycles. The van der Waals surface area contributed by atoms with E-state index in [0.29, 0.717) is 18.7 Å². The van der Waals surface area contributed by atoms with Crippen LogP contribution < -0.4 is 5.73 Å². The summed E-state index contributed by atoms with van der Waals surface area (Å²) >= 11 is 0. The number of fused-ring (bicyclic) bond motifs is 3. The highest BCUT2D eigenvalue weighted by Crippen LogP contribution is 2.28. The first-order chi connectivity index (χ1) is 12.2. The minimum Gasteiger partial charge on any atom is -0.325 e. The summed E-state index contributed by atoms with van der Waals surface area (Å²) in [6.07, 6.45) is 0. The standard InChI is InChI=1S/C18H15N5O2/c19-10-13-8-15-11-20-18(12-4-2-1-3-5-12)16-9-14(23(24)25)6-7-17(16)22(15)21-13/h1-9H,10-11,19H2. The van der Waals surface area contributed by atoms with E-state index in [9.17, 15) is 10.1 Å². The number of hydrogen-bond donors (Lipinski definition) is 1. The molecule has 4 rings (SSSR count). The number of rotatable bonds is 3. The third kappa shape index (κ3) is 2.60. The molecule has 25 heavy (non-hydrogen) atoms. The van der Waals surface area contributed by atoms with E-state index < -0.39 is 4.92 Å². The van der Waals surface area contributed by atoms with Gasteiger partial charge in [-0.15, -0.1) is 0 Å². The van der Waals surface area contributed by atoms with Crippen LogP contribution in [0.5, 0.6) is 0 Å². The molecule has 124 valence electrons. The van der Waals surface area contributed by atoms with Crippen LogP contribution in [0.15, 0.2) is 59.6 Å². The van der Waals surface area contributed by atoms with Crippen molar-refractivity contribution in [1.82, 2.24) is 9.78 Å².